The molecule has 170 valence electrons. The van der Waals surface area contributed by atoms with Crippen LogP contribution in [-0.4, -0.2) is 39.3 Å². The first-order chi connectivity index (χ1) is 15.3. The molecule has 7 nitrogen and oxygen atoms in total. The van der Waals surface area contributed by atoms with Crippen LogP contribution in [0.2, 0.25) is 0 Å². The Bertz CT molecular complexity index is 1050. The standard InChI is InChI=1S/C23H23F2NO6/c1-13(2)12-30-20-10-14(5-7-17(20)28-3)9-16-22(27)32-21(26-16)15-6-8-18(31-23(24)25)19(11-15)29-4/h5-11,13,23H,12H2,1-4H3/b16-9-. The van der Waals surface area contributed by atoms with Crippen molar-refractivity contribution in [3.8, 4) is 23.0 Å². The highest BCUT2D eigenvalue weighted by Gasteiger charge is 2.25. The Kier molecular flexibility index (Phi) is 7.29. The number of alkyl halides is 2. The highest BCUT2D eigenvalue weighted by atomic mass is 19.3. The molecule has 1 heterocycles. The minimum Gasteiger partial charge on any atom is -0.493 e. The molecule has 0 aromatic heterocycles. The van der Waals surface area contributed by atoms with Gasteiger partial charge in [-0.2, -0.15) is 8.78 Å². The molecule has 0 radical (unpaired) electrons. The van der Waals surface area contributed by atoms with Gasteiger partial charge in [0.05, 0.1) is 20.8 Å². The second kappa shape index (κ2) is 10.1. The van der Waals surface area contributed by atoms with E-state index in [2.05, 4.69) is 9.73 Å². The lowest BCUT2D eigenvalue weighted by atomic mass is 10.1. The molecule has 0 fully saturated rings. The molecule has 0 bridgehead atoms. The van der Waals surface area contributed by atoms with Crippen molar-refractivity contribution in [2.24, 2.45) is 10.9 Å². The predicted octanol–water partition coefficient (Wildman–Crippen LogP) is 4.68. The molecule has 0 atom stereocenters. The minimum absolute atomic E-state index is 0.0212. The van der Waals surface area contributed by atoms with Crippen LogP contribution in [0.4, 0.5) is 8.78 Å². The highest BCUT2D eigenvalue weighted by Crippen LogP contribution is 2.32. The van der Waals surface area contributed by atoms with E-state index >= 15 is 0 Å². The predicted molar refractivity (Wildman–Crippen MR) is 114 cm³/mol. The Morgan fingerprint density at radius 1 is 1.00 bits per heavy atom. The van der Waals surface area contributed by atoms with Crippen LogP contribution in [0.1, 0.15) is 25.0 Å². The summed E-state index contributed by atoms with van der Waals surface area (Å²) in [6, 6.07) is 9.38. The van der Waals surface area contributed by atoms with Crippen LogP contribution >= 0.6 is 0 Å². The summed E-state index contributed by atoms with van der Waals surface area (Å²) in [6.45, 7) is 1.58. The maximum absolute atomic E-state index is 12.5. The molecule has 9 heteroatoms. The van der Waals surface area contributed by atoms with Gasteiger partial charge in [-0.25, -0.2) is 9.79 Å². The summed E-state index contributed by atoms with van der Waals surface area (Å²) < 4.78 is 50.9. The molecule has 0 amide bonds. The zero-order valence-corrected chi connectivity index (χ0v) is 18.1. The maximum atomic E-state index is 12.5. The smallest absolute Gasteiger partial charge is 0.387 e. The molecule has 0 aliphatic carbocycles. The Morgan fingerprint density at radius 3 is 2.38 bits per heavy atom. The Morgan fingerprint density at radius 2 is 1.72 bits per heavy atom. The summed E-state index contributed by atoms with van der Waals surface area (Å²) in [5.41, 5.74) is 1.11. The van der Waals surface area contributed by atoms with Crippen LogP contribution < -0.4 is 18.9 Å². The lowest BCUT2D eigenvalue weighted by molar-refractivity contribution is -0.129. The normalized spacial score (nSPS) is 14.6. The van der Waals surface area contributed by atoms with Crippen LogP contribution in [0.5, 0.6) is 23.0 Å². The molecule has 0 N–H and O–H groups in total. The van der Waals surface area contributed by atoms with E-state index < -0.39 is 12.6 Å². The fraction of sp³-hybridized carbons (Fsp3) is 0.304. The fourth-order valence-electron chi connectivity index (χ4n) is 2.84. The monoisotopic (exact) mass is 447 g/mol. The summed E-state index contributed by atoms with van der Waals surface area (Å²) in [5.74, 6) is 0.739. The van der Waals surface area contributed by atoms with Gasteiger partial charge >= 0.3 is 12.6 Å². The zero-order chi connectivity index (χ0) is 23.3. The SMILES string of the molecule is COc1ccc(/C=C2\N=C(c3ccc(OC(F)F)c(OC)c3)OC2=O)cc1OCC(C)C. The lowest BCUT2D eigenvalue weighted by Gasteiger charge is -2.13. The molecule has 2 aromatic rings. The van der Waals surface area contributed by atoms with Crippen molar-refractivity contribution in [2.75, 3.05) is 20.8 Å². The molecule has 2 aromatic carbocycles. The molecule has 0 saturated carbocycles. The van der Waals surface area contributed by atoms with E-state index in [1.165, 1.54) is 25.3 Å². The zero-order valence-electron chi connectivity index (χ0n) is 18.1. The van der Waals surface area contributed by atoms with E-state index in [1.807, 2.05) is 13.8 Å². The molecular formula is C23H23F2NO6. The van der Waals surface area contributed by atoms with E-state index in [-0.39, 0.29) is 23.1 Å². The van der Waals surface area contributed by atoms with Crippen molar-refractivity contribution >= 4 is 17.9 Å². The largest absolute Gasteiger partial charge is 0.493 e. The van der Waals surface area contributed by atoms with Crippen LogP contribution in [0.3, 0.4) is 0 Å². The van der Waals surface area contributed by atoms with Gasteiger partial charge in [0.25, 0.3) is 0 Å². The number of rotatable bonds is 9. The van der Waals surface area contributed by atoms with Crippen molar-refractivity contribution in [1.29, 1.82) is 0 Å². The van der Waals surface area contributed by atoms with Crippen molar-refractivity contribution in [3.63, 3.8) is 0 Å². The van der Waals surface area contributed by atoms with Crippen LogP contribution in [0.25, 0.3) is 6.08 Å². The van der Waals surface area contributed by atoms with E-state index in [0.29, 0.717) is 35.2 Å². The van der Waals surface area contributed by atoms with Gasteiger partial charge in [-0.15, -0.1) is 0 Å². The summed E-state index contributed by atoms with van der Waals surface area (Å²) in [4.78, 5) is 16.6. The summed E-state index contributed by atoms with van der Waals surface area (Å²) >= 11 is 0. The number of carbonyl (C=O) groups excluding carboxylic acids is 1. The van der Waals surface area contributed by atoms with Crippen molar-refractivity contribution < 1.29 is 37.3 Å². The summed E-state index contributed by atoms with van der Waals surface area (Å²) in [5, 5.41) is 0. The first-order valence-corrected chi connectivity index (χ1v) is 9.77. The van der Waals surface area contributed by atoms with Gasteiger partial charge in [0.2, 0.25) is 5.90 Å². The Hall–Kier alpha value is -3.62. The Labute approximate surface area is 184 Å². The molecule has 0 spiro atoms. The summed E-state index contributed by atoms with van der Waals surface area (Å²) in [7, 11) is 2.86. The minimum atomic E-state index is -3.00. The molecular weight excluding hydrogens is 424 g/mol. The summed E-state index contributed by atoms with van der Waals surface area (Å²) in [6.07, 6.45) is 1.56. The second-order valence-electron chi connectivity index (χ2n) is 7.20. The number of ether oxygens (including phenoxy) is 5. The second-order valence-corrected chi connectivity index (χ2v) is 7.20. The lowest BCUT2D eigenvalue weighted by Crippen LogP contribution is -2.07. The molecule has 1 aliphatic rings. The average molecular weight is 447 g/mol. The molecule has 0 unspecified atom stereocenters. The van der Waals surface area contributed by atoms with E-state index in [4.69, 9.17) is 18.9 Å². The molecule has 1 aliphatic heterocycles. The van der Waals surface area contributed by atoms with Gasteiger partial charge in [-0.1, -0.05) is 19.9 Å². The number of methoxy groups -OCH3 is 2. The third kappa shape index (κ3) is 5.54. The number of aliphatic imine (C=N–C) groups is 1. The Balaban J connectivity index is 1.88. The first-order valence-electron chi connectivity index (χ1n) is 9.77. The first kappa shape index (κ1) is 23.1. The van der Waals surface area contributed by atoms with Crippen LogP contribution in [0.15, 0.2) is 47.1 Å². The van der Waals surface area contributed by atoms with Gasteiger partial charge in [0.15, 0.2) is 28.7 Å². The number of halogens is 2. The molecule has 0 saturated heterocycles. The van der Waals surface area contributed by atoms with Crippen LogP contribution in [-0.2, 0) is 9.53 Å². The van der Waals surface area contributed by atoms with Gasteiger partial charge in [-0.3, -0.25) is 0 Å². The molecule has 32 heavy (non-hydrogen) atoms. The maximum Gasteiger partial charge on any atom is 0.387 e. The number of nitrogens with zero attached hydrogens (tertiary/aromatic N) is 1. The van der Waals surface area contributed by atoms with Gasteiger partial charge < -0.3 is 23.7 Å². The van der Waals surface area contributed by atoms with E-state index in [9.17, 15) is 13.6 Å². The quantitative estimate of drug-likeness (QED) is 0.410. The number of hydrogen-bond donors (Lipinski definition) is 0. The van der Waals surface area contributed by atoms with Gasteiger partial charge in [0, 0.05) is 5.56 Å². The van der Waals surface area contributed by atoms with Crippen molar-refractivity contribution in [2.45, 2.75) is 20.5 Å². The van der Waals surface area contributed by atoms with E-state index in [0.717, 1.165) is 0 Å². The number of benzene rings is 2. The van der Waals surface area contributed by atoms with Crippen molar-refractivity contribution in [1.82, 2.24) is 0 Å². The van der Waals surface area contributed by atoms with Gasteiger partial charge in [0.1, 0.15) is 0 Å². The number of cyclic esters (lactones) is 1. The highest BCUT2D eigenvalue weighted by molar-refractivity contribution is 6.13. The third-order valence-corrected chi connectivity index (χ3v) is 4.31. The number of esters is 1. The van der Waals surface area contributed by atoms with Gasteiger partial charge in [-0.05, 0) is 47.9 Å². The number of hydrogen-bond acceptors (Lipinski definition) is 7. The topological polar surface area (TPSA) is 75.6 Å². The van der Waals surface area contributed by atoms with Crippen molar-refractivity contribution in [3.05, 3.63) is 53.2 Å². The third-order valence-electron chi connectivity index (χ3n) is 4.31. The average Bonchev–Trinajstić information content (AvgIpc) is 3.12. The molecule has 3 rings (SSSR count). The fourth-order valence-corrected chi connectivity index (χ4v) is 2.84. The number of carbonyl (C=O) groups is 1. The van der Waals surface area contributed by atoms with Crippen LogP contribution in [0, 0.1) is 5.92 Å². The van der Waals surface area contributed by atoms with E-state index in [1.54, 1.807) is 31.4 Å².